The van der Waals surface area contributed by atoms with E-state index in [1.54, 1.807) is 17.4 Å². The third-order valence-corrected chi connectivity index (χ3v) is 6.03. The van der Waals surface area contributed by atoms with Crippen LogP contribution >= 0.6 is 11.3 Å². The van der Waals surface area contributed by atoms with Gasteiger partial charge in [-0.25, -0.2) is 0 Å². The number of likely N-dealkylation sites (tertiary alicyclic amines) is 1. The molecule has 27 heavy (non-hydrogen) atoms. The summed E-state index contributed by atoms with van der Waals surface area (Å²) in [5.74, 6) is -0.0862. The fraction of sp³-hybridized carbons (Fsp3) is 0.524. The molecule has 0 spiro atoms. The molecule has 0 radical (unpaired) electrons. The van der Waals surface area contributed by atoms with E-state index in [1.807, 2.05) is 13.8 Å². The predicted molar refractivity (Wildman–Crippen MR) is 104 cm³/mol. The van der Waals surface area contributed by atoms with Crippen molar-refractivity contribution >= 4 is 11.3 Å². The molecule has 2 heterocycles. The molecule has 1 aliphatic rings. The fourth-order valence-electron chi connectivity index (χ4n) is 3.69. The highest BCUT2D eigenvalue weighted by atomic mass is 32.1. The molecule has 0 amide bonds. The molecular formula is C21H26F3NOS. The second kappa shape index (κ2) is 8.65. The number of benzene rings is 1. The summed E-state index contributed by atoms with van der Waals surface area (Å²) in [5, 5.41) is 0. The van der Waals surface area contributed by atoms with Crippen molar-refractivity contribution in [1.29, 1.82) is 0 Å². The Morgan fingerprint density at radius 1 is 1.11 bits per heavy atom. The zero-order chi connectivity index (χ0) is 19.4. The number of aryl methyl sites for hydroxylation is 2. The molecule has 1 saturated heterocycles. The number of piperidine rings is 1. The number of hydrogen-bond acceptors (Lipinski definition) is 3. The lowest BCUT2D eigenvalue weighted by molar-refractivity contribution is -0.139. The maximum Gasteiger partial charge on any atom is 0.419 e. The van der Waals surface area contributed by atoms with E-state index in [2.05, 4.69) is 11.0 Å². The molecule has 3 rings (SSSR count). The van der Waals surface area contributed by atoms with Crippen LogP contribution < -0.4 is 4.74 Å². The standard InChI is InChI=1S/C21H26F3NOS/c1-15-14-17(16(2)27-15)19(10-13-25-11-6-3-7-12-25)26-20-9-5-4-8-18(20)21(22,23)24/h4-5,8-9,14,19H,3,6-7,10-13H2,1-2H3. The Morgan fingerprint density at radius 2 is 1.81 bits per heavy atom. The van der Waals surface area contributed by atoms with E-state index in [-0.39, 0.29) is 11.9 Å². The van der Waals surface area contributed by atoms with Crippen LogP contribution in [0.15, 0.2) is 30.3 Å². The third-order valence-electron chi connectivity index (χ3n) is 5.04. The number of ether oxygens (including phenoxy) is 1. The minimum absolute atomic E-state index is 0.0862. The van der Waals surface area contributed by atoms with Gasteiger partial charge in [0.1, 0.15) is 11.9 Å². The fourth-order valence-corrected chi connectivity index (χ4v) is 4.66. The van der Waals surface area contributed by atoms with Crippen molar-refractivity contribution in [3.05, 3.63) is 51.2 Å². The van der Waals surface area contributed by atoms with Crippen LogP contribution in [-0.4, -0.2) is 24.5 Å². The topological polar surface area (TPSA) is 12.5 Å². The smallest absolute Gasteiger partial charge is 0.419 e. The van der Waals surface area contributed by atoms with Gasteiger partial charge in [-0.3, -0.25) is 0 Å². The van der Waals surface area contributed by atoms with Crippen molar-refractivity contribution in [2.75, 3.05) is 19.6 Å². The summed E-state index contributed by atoms with van der Waals surface area (Å²) in [6.07, 6.45) is -0.465. The van der Waals surface area contributed by atoms with Gasteiger partial charge in [0.15, 0.2) is 0 Å². The lowest BCUT2D eigenvalue weighted by Crippen LogP contribution is -2.32. The number of para-hydroxylation sites is 1. The minimum Gasteiger partial charge on any atom is -0.485 e. The second-order valence-electron chi connectivity index (χ2n) is 7.16. The van der Waals surface area contributed by atoms with E-state index in [9.17, 15) is 13.2 Å². The minimum atomic E-state index is -4.42. The average Bonchev–Trinajstić information content (AvgIpc) is 2.97. The van der Waals surface area contributed by atoms with Gasteiger partial charge in [0, 0.05) is 28.3 Å². The SMILES string of the molecule is Cc1cc(C(CCN2CCCCC2)Oc2ccccc2C(F)(F)F)c(C)s1. The van der Waals surface area contributed by atoms with Crippen LogP contribution in [0.5, 0.6) is 5.75 Å². The van der Waals surface area contributed by atoms with Gasteiger partial charge in [-0.15, -0.1) is 11.3 Å². The summed E-state index contributed by atoms with van der Waals surface area (Å²) >= 11 is 1.66. The highest BCUT2D eigenvalue weighted by Gasteiger charge is 2.35. The second-order valence-corrected chi connectivity index (χ2v) is 8.62. The van der Waals surface area contributed by atoms with Crippen molar-refractivity contribution in [2.45, 2.75) is 51.8 Å². The Bertz CT molecular complexity index is 750. The Labute approximate surface area is 163 Å². The molecule has 1 aliphatic heterocycles. The van der Waals surface area contributed by atoms with Gasteiger partial charge in [0.05, 0.1) is 5.56 Å². The molecular weight excluding hydrogens is 371 g/mol. The molecule has 1 fully saturated rings. The molecule has 0 aliphatic carbocycles. The van der Waals surface area contributed by atoms with E-state index in [0.29, 0.717) is 6.42 Å². The summed E-state index contributed by atoms with van der Waals surface area (Å²) in [6.45, 7) is 7.00. The number of hydrogen-bond donors (Lipinski definition) is 0. The quantitative estimate of drug-likeness (QED) is 0.561. The summed E-state index contributed by atoms with van der Waals surface area (Å²) in [7, 11) is 0. The van der Waals surface area contributed by atoms with E-state index >= 15 is 0 Å². The average molecular weight is 398 g/mol. The van der Waals surface area contributed by atoms with Crippen molar-refractivity contribution in [3.63, 3.8) is 0 Å². The van der Waals surface area contributed by atoms with E-state index in [4.69, 9.17) is 4.74 Å². The molecule has 1 unspecified atom stereocenters. The lowest BCUT2D eigenvalue weighted by Gasteiger charge is -2.29. The largest absolute Gasteiger partial charge is 0.485 e. The van der Waals surface area contributed by atoms with Crippen molar-refractivity contribution in [3.8, 4) is 5.75 Å². The molecule has 0 bridgehead atoms. The van der Waals surface area contributed by atoms with Gasteiger partial charge in [-0.2, -0.15) is 13.2 Å². The van der Waals surface area contributed by atoms with Crippen LogP contribution in [0.3, 0.4) is 0 Å². The Hall–Kier alpha value is -1.53. The first kappa shape index (κ1) is 20.2. The number of rotatable bonds is 6. The van der Waals surface area contributed by atoms with Crippen LogP contribution in [0.25, 0.3) is 0 Å². The first-order valence-corrected chi connectivity index (χ1v) is 10.3. The maximum atomic E-state index is 13.4. The summed E-state index contributed by atoms with van der Waals surface area (Å²) in [6, 6.07) is 7.56. The van der Waals surface area contributed by atoms with Crippen molar-refractivity contribution < 1.29 is 17.9 Å². The number of thiophene rings is 1. The highest BCUT2D eigenvalue weighted by Crippen LogP contribution is 2.39. The van der Waals surface area contributed by atoms with Crippen LogP contribution in [0, 0.1) is 13.8 Å². The van der Waals surface area contributed by atoms with Gasteiger partial charge < -0.3 is 9.64 Å². The lowest BCUT2D eigenvalue weighted by atomic mass is 10.0. The van der Waals surface area contributed by atoms with E-state index in [0.717, 1.165) is 41.0 Å². The van der Waals surface area contributed by atoms with Gasteiger partial charge >= 0.3 is 6.18 Å². The summed E-state index contributed by atoms with van der Waals surface area (Å²) < 4.78 is 46.1. The number of nitrogens with zero attached hydrogens (tertiary/aromatic N) is 1. The Morgan fingerprint density at radius 3 is 2.44 bits per heavy atom. The third kappa shape index (κ3) is 5.26. The zero-order valence-corrected chi connectivity index (χ0v) is 16.6. The zero-order valence-electron chi connectivity index (χ0n) is 15.8. The van der Waals surface area contributed by atoms with Crippen LogP contribution in [0.4, 0.5) is 13.2 Å². The van der Waals surface area contributed by atoms with Crippen molar-refractivity contribution in [2.24, 2.45) is 0 Å². The highest BCUT2D eigenvalue weighted by molar-refractivity contribution is 7.12. The van der Waals surface area contributed by atoms with Gasteiger partial charge in [-0.05, 0) is 58.0 Å². The van der Waals surface area contributed by atoms with Crippen LogP contribution in [0.1, 0.15) is 52.7 Å². The molecule has 148 valence electrons. The van der Waals surface area contributed by atoms with Gasteiger partial charge in [0.2, 0.25) is 0 Å². The number of halogens is 3. The monoisotopic (exact) mass is 397 g/mol. The van der Waals surface area contributed by atoms with E-state index < -0.39 is 11.7 Å². The molecule has 6 heteroatoms. The summed E-state index contributed by atoms with van der Waals surface area (Å²) in [5.41, 5.74) is 0.295. The Kier molecular flexibility index (Phi) is 6.48. The normalized spacial score (nSPS) is 17.1. The van der Waals surface area contributed by atoms with Crippen LogP contribution in [0.2, 0.25) is 0 Å². The van der Waals surface area contributed by atoms with Gasteiger partial charge in [-0.1, -0.05) is 18.6 Å². The van der Waals surface area contributed by atoms with Crippen molar-refractivity contribution in [1.82, 2.24) is 4.90 Å². The molecule has 1 atom stereocenters. The molecule has 0 N–H and O–H groups in total. The first-order chi connectivity index (χ1) is 12.8. The first-order valence-electron chi connectivity index (χ1n) is 9.47. The molecule has 1 aromatic heterocycles. The maximum absolute atomic E-state index is 13.4. The van der Waals surface area contributed by atoms with Gasteiger partial charge in [0.25, 0.3) is 0 Å². The van der Waals surface area contributed by atoms with Crippen LogP contribution in [-0.2, 0) is 6.18 Å². The Balaban J connectivity index is 1.83. The number of alkyl halides is 3. The predicted octanol–water partition coefficient (Wildman–Crippen LogP) is 6.38. The summed E-state index contributed by atoms with van der Waals surface area (Å²) in [4.78, 5) is 4.66. The molecule has 0 saturated carbocycles. The molecule has 2 aromatic rings. The molecule has 2 nitrogen and oxygen atoms in total. The van der Waals surface area contributed by atoms with E-state index in [1.165, 1.54) is 31.4 Å². The molecule has 1 aromatic carbocycles.